The fraction of sp³-hybridized carbons (Fsp3) is 0.222. The number of sulfonamides is 1. The third-order valence-corrected chi connectivity index (χ3v) is 2.96. The van der Waals surface area contributed by atoms with Crippen LogP contribution in [0.15, 0.2) is 29.2 Å². The zero-order valence-corrected chi connectivity index (χ0v) is 8.47. The van der Waals surface area contributed by atoms with Crippen LogP contribution in [0.25, 0.3) is 0 Å². The van der Waals surface area contributed by atoms with Crippen molar-refractivity contribution in [2.24, 2.45) is 0 Å². The number of amides is 1. The van der Waals surface area contributed by atoms with Crippen molar-refractivity contribution >= 4 is 15.9 Å². The molecule has 0 aliphatic rings. The number of rotatable bonds is 3. The maximum atomic E-state index is 11.5. The fourth-order valence-corrected chi connectivity index (χ4v) is 1.89. The van der Waals surface area contributed by atoms with Crippen LogP contribution >= 0.6 is 0 Å². The molecule has 0 unspecified atom stereocenters. The van der Waals surface area contributed by atoms with E-state index in [1.54, 1.807) is 6.92 Å². The lowest BCUT2D eigenvalue weighted by Gasteiger charge is -2.04. The Bertz CT molecular complexity index is 411. The molecule has 1 N–H and O–H groups in total. The van der Waals surface area contributed by atoms with Crippen LogP contribution in [0.5, 0.6) is 0 Å². The van der Waals surface area contributed by atoms with Gasteiger partial charge in [0.1, 0.15) is 0 Å². The van der Waals surface area contributed by atoms with Gasteiger partial charge < -0.3 is 0 Å². The molecular formula is C9H10NO3S. The molecule has 1 amide bonds. The van der Waals surface area contributed by atoms with Gasteiger partial charge in [-0.3, -0.25) is 4.79 Å². The number of nitrogens with one attached hydrogen (secondary N) is 1. The van der Waals surface area contributed by atoms with Crippen LogP contribution in [-0.2, 0) is 14.8 Å². The normalized spacial score (nSPS) is 10.9. The molecule has 4 nitrogen and oxygen atoms in total. The first kappa shape index (κ1) is 10.7. The highest BCUT2D eigenvalue weighted by molar-refractivity contribution is 7.90. The summed E-state index contributed by atoms with van der Waals surface area (Å²) in [6, 6.07) is 8.41. The van der Waals surface area contributed by atoms with Crippen molar-refractivity contribution in [1.82, 2.24) is 4.72 Å². The van der Waals surface area contributed by atoms with E-state index in [0.717, 1.165) is 0 Å². The highest BCUT2D eigenvalue weighted by Gasteiger charge is 2.15. The minimum absolute atomic E-state index is 0.0676. The summed E-state index contributed by atoms with van der Waals surface area (Å²) in [5.74, 6) is -0.516. The summed E-state index contributed by atoms with van der Waals surface area (Å²) in [5, 5.41) is 0. The van der Waals surface area contributed by atoms with E-state index in [-0.39, 0.29) is 11.3 Å². The SMILES string of the molecule is CCC(=O)NS(=O)(=O)c1cc[c]cc1. The van der Waals surface area contributed by atoms with Crippen LogP contribution < -0.4 is 4.72 Å². The number of hydrogen-bond acceptors (Lipinski definition) is 3. The van der Waals surface area contributed by atoms with Gasteiger partial charge in [0.05, 0.1) is 4.90 Å². The highest BCUT2D eigenvalue weighted by Crippen LogP contribution is 2.06. The van der Waals surface area contributed by atoms with E-state index in [1.165, 1.54) is 24.3 Å². The maximum absolute atomic E-state index is 11.5. The Morgan fingerprint density at radius 3 is 2.50 bits per heavy atom. The molecule has 0 saturated carbocycles. The van der Waals surface area contributed by atoms with Crippen LogP contribution in [0.2, 0.25) is 0 Å². The molecule has 14 heavy (non-hydrogen) atoms. The predicted octanol–water partition coefficient (Wildman–Crippen LogP) is 0.702. The number of carbonyl (C=O) groups excluding carboxylic acids is 1. The molecule has 1 rings (SSSR count). The smallest absolute Gasteiger partial charge is 0.264 e. The second kappa shape index (κ2) is 4.23. The third-order valence-electron chi connectivity index (χ3n) is 1.57. The van der Waals surface area contributed by atoms with Gasteiger partial charge in [-0.2, -0.15) is 0 Å². The molecule has 0 saturated heterocycles. The molecule has 0 aliphatic carbocycles. The molecule has 0 heterocycles. The third kappa shape index (κ3) is 2.56. The van der Waals surface area contributed by atoms with Crippen molar-refractivity contribution in [3.8, 4) is 0 Å². The van der Waals surface area contributed by atoms with Gasteiger partial charge in [0, 0.05) is 6.42 Å². The Kier molecular flexibility index (Phi) is 3.24. The van der Waals surface area contributed by atoms with Crippen LogP contribution in [0.3, 0.4) is 0 Å². The minimum Gasteiger partial charge on any atom is -0.274 e. The lowest BCUT2D eigenvalue weighted by molar-refractivity contribution is -0.119. The van der Waals surface area contributed by atoms with E-state index in [9.17, 15) is 13.2 Å². The van der Waals surface area contributed by atoms with Gasteiger partial charge >= 0.3 is 0 Å². The van der Waals surface area contributed by atoms with Crippen LogP contribution in [-0.4, -0.2) is 14.3 Å². The Balaban J connectivity index is 2.93. The molecule has 0 bridgehead atoms. The number of hydrogen-bond donors (Lipinski definition) is 1. The zero-order valence-electron chi connectivity index (χ0n) is 7.65. The Morgan fingerprint density at radius 2 is 2.00 bits per heavy atom. The molecule has 0 aliphatic heterocycles. The molecule has 0 atom stereocenters. The zero-order chi connectivity index (χ0) is 10.6. The van der Waals surface area contributed by atoms with Crippen LogP contribution in [0.4, 0.5) is 0 Å². The molecule has 1 aromatic rings. The molecular weight excluding hydrogens is 202 g/mol. The lowest BCUT2D eigenvalue weighted by atomic mass is 10.4. The highest BCUT2D eigenvalue weighted by atomic mass is 32.2. The summed E-state index contributed by atoms with van der Waals surface area (Å²) in [7, 11) is -3.69. The summed E-state index contributed by atoms with van der Waals surface area (Å²) in [4.78, 5) is 11.0. The minimum atomic E-state index is -3.69. The van der Waals surface area contributed by atoms with E-state index in [4.69, 9.17) is 0 Å². The molecule has 1 radical (unpaired) electrons. The average Bonchev–Trinajstić information content (AvgIpc) is 2.18. The van der Waals surface area contributed by atoms with Crippen molar-refractivity contribution in [2.45, 2.75) is 18.2 Å². The number of benzene rings is 1. The summed E-state index contributed by atoms with van der Waals surface area (Å²) in [6.45, 7) is 1.59. The van der Waals surface area contributed by atoms with Crippen LogP contribution in [0, 0.1) is 6.07 Å². The van der Waals surface area contributed by atoms with Crippen molar-refractivity contribution in [1.29, 1.82) is 0 Å². The van der Waals surface area contributed by atoms with Gasteiger partial charge in [-0.15, -0.1) is 0 Å². The Hall–Kier alpha value is -1.36. The first-order valence-electron chi connectivity index (χ1n) is 4.08. The molecule has 0 fully saturated rings. The topological polar surface area (TPSA) is 63.2 Å². The fourth-order valence-electron chi connectivity index (χ4n) is 0.832. The quantitative estimate of drug-likeness (QED) is 0.802. The van der Waals surface area contributed by atoms with Crippen molar-refractivity contribution in [3.05, 3.63) is 30.3 Å². The Morgan fingerprint density at radius 1 is 1.43 bits per heavy atom. The van der Waals surface area contributed by atoms with Gasteiger partial charge in [-0.1, -0.05) is 19.1 Å². The van der Waals surface area contributed by atoms with Gasteiger partial charge in [-0.05, 0) is 18.2 Å². The van der Waals surface area contributed by atoms with Gasteiger partial charge in [0.15, 0.2) is 0 Å². The molecule has 1 aromatic carbocycles. The van der Waals surface area contributed by atoms with Gasteiger partial charge in [0.25, 0.3) is 10.0 Å². The van der Waals surface area contributed by atoms with Gasteiger partial charge in [-0.25, -0.2) is 13.1 Å². The predicted molar refractivity (Wildman–Crippen MR) is 50.9 cm³/mol. The Labute approximate surface area is 83.0 Å². The van der Waals surface area contributed by atoms with E-state index in [2.05, 4.69) is 6.07 Å². The standard InChI is InChI=1S/C9H10NO3S/c1-2-9(11)10-14(12,13)8-6-4-3-5-7-8/h4-7H,2H2,1H3,(H,10,11). The van der Waals surface area contributed by atoms with E-state index >= 15 is 0 Å². The first-order chi connectivity index (χ1) is 6.56. The molecule has 5 heteroatoms. The molecule has 0 spiro atoms. The number of carbonyl (C=O) groups is 1. The van der Waals surface area contributed by atoms with Gasteiger partial charge in [0.2, 0.25) is 5.91 Å². The maximum Gasteiger partial charge on any atom is 0.264 e. The second-order valence-electron chi connectivity index (χ2n) is 2.62. The summed E-state index contributed by atoms with van der Waals surface area (Å²) >= 11 is 0. The van der Waals surface area contributed by atoms with Crippen molar-refractivity contribution < 1.29 is 13.2 Å². The van der Waals surface area contributed by atoms with E-state index < -0.39 is 15.9 Å². The molecule has 75 valence electrons. The first-order valence-corrected chi connectivity index (χ1v) is 5.56. The summed E-state index contributed by atoms with van der Waals surface area (Å²) in [6.07, 6.45) is 0.137. The van der Waals surface area contributed by atoms with Crippen molar-refractivity contribution in [3.63, 3.8) is 0 Å². The largest absolute Gasteiger partial charge is 0.274 e. The second-order valence-corrected chi connectivity index (χ2v) is 4.30. The summed E-state index contributed by atoms with van der Waals surface area (Å²) < 4.78 is 24.9. The summed E-state index contributed by atoms with van der Waals surface area (Å²) in [5.41, 5.74) is 0. The van der Waals surface area contributed by atoms with Crippen LogP contribution in [0.1, 0.15) is 13.3 Å². The molecule has 0 aromatic heterocycles. The average molecular weight is 212 g/mol. The monoisotopic (exact) mass is 212 g/mol. The van der Waals surface area contributed by atoms with Crippen molar-refractivity contribution in [2.75, 3.05) is 0 Å². The van der Waals surface area contributed by atoms with E-state index in [1.807, 2.05) is 4.72 Å². The van der Waals surface area contributed by atoms with E-state index in [0.29, 0.717) is 0 Å². The lowest BCUT2D eigenvalue weighted by Crippen LogP contribution is -2.29.